The Labute approximate surface area is 163 Å². The fourth-order valence-corrected chi connectivity index (χ4v) is 4.63. The van der Waals surface area contributed by atoms with Crippen LogP contribution in [-0.4, -0.2) is 37.0 Å². The number of amides is 1. The van der Waals surface area contributed by atoms with Crippen LogP contribution >= 0.6 is 0 Å². The SMILES string of the molecule is CN(Cc1nccn1C(F)F)C(=O)C1CCn2c(cnc2C2CCCCC2)C1. The van der Waals surface area contributed by atoms with Gasteiger partial charge in [0, 0.05) is 56.1 Å². The van der Waals surface area contributed by atoms with Gasteiger partial charge in [0.25, 0.3) is 0 Å². The smallest absolute Gasteiger partial charge is 0.319 e. The molecule has 2 aromatic rings. The molecule has 0 spiro atoms. The summed E-state index contributed by atoms with van der Waals surface area (Å²) in [5.41, 5.74) is 1.12. The van der Waals surface area contributed by atoms with Crippen LogP contribution in [-0.2, 0) is 24.3 Å². The number of imidazole rings is 2. The molecule has 1 saturated carbocycles. The summed E-state index contributed by atoms with van der Waals surface area (Å²) in [5, 5.41) is 0. The maximum atomic E-state index is 13.0. The first kappa shape index (κ1) is 19.1. The molecule has 8 heteroatoms. The highest BCUT2D eigenvalue weighted by atomic mass is 19.3. The largest absolute Gasteiger partial charge is 0.338 e. The van der Waals surface area contributed by atoms with E-state index in [1.54, 1.807) is 7.05 Å². The van der Waals surface area contributed by atoms with Gasteiger partial charge in [-0.25, -0.2) is 9.97 Å². The van der Waals surface area contributed by atoms with E-state index in [4.69, 9.17) is 4.98 Å². The Kier molecular flexibility index (Phi) is 5.46. The molecular formula is C20H27F2N5O. The molecule has 4 rings (SSSR count). The standard InChI is InChI=1S/C20H27F2N5O/c1-25(13-17-23-8-10-27(17)20(21)22)19(28)15-7-9-26-16(11-15)12-24-18(26)14-5-3-2-4-6-14/h8,10,12,14-15,20H,2-7,9,11,13H2,1H3. The maximum Gasteiger partial charge on any atom is 0.319 e. The van der Waals surface area contributed by atoms with Gasteiger partial charge in [-0.15, -0.1) is 0 Å². The number of aromatic nitrogens is 4. The molecule has 1 aliphatic heterocycles. The van der Waals surface area contributed by atoms with Crippen molar-refractivity contribution in [2.24, 2.45) is 5.92 Å². The zero-order valence-corrected chi connectivity index (χ0v) is 16.2. The van der Waals surface area contributed by atoms with E-state index in [0.29, 0.717) is 12.3 Å². The van der Waals surface area contributed by atoms with E-state index in [-0.39, 0.29) is 24.2 Å². The van der Waals surface area contributed by atoms with Crippen LogP contribution < -0.4 is 0 Å². The number of rotatable bonds is 5. The minimum atomic E-state index is -2.65. The number of carbonyl (C=O) groups excluding carboxylic acids is 1. The Morgan fingerprint density at radius 3 is 2.79 bits per heavy atom. The van der Waals surface area contributed by atoms with Crippen molar-refractivity contribution in [2.75, 3.05) is 7.05 Å². The van der Waals surface area contributed by atoms with Gasteiger partial charge in [0.2, 0.25) is 5.91 Å². The molecule has 1 atom stereocenters. The first-order chi connectivity index (χ1) is 13.5. The van der Waals surface area contributed by atoms with Gasteiger partial charge < -0.3 is 9.47 Å². The Bertz CT molecular complexity index is 824. The minimum Gasteiger partial charge on any atom is -0.338 e. The van der Waals surface area contributed by atoms with Crippen LogP contribution in [0.1, 0.15) is 68.3 Å². The molecule has 0 aromatic carbocycles. The second-order valence-electron chi connectivity index (χ2n) is 8.01. The third-order valence-corrected chi connectivity index (χ3v) is 6.16. The molecule has 2 aromatic heterocycles. The first-order valence-electron chi connectivity index (χ1n) is 10.1. The van der Waals surface area contributed by atoms with E-state index < -0.39 is 6.55 Å². The van der Waals surface area contributed by atoms with Gasteiger partial charge in [-0.3, -0.25) is 9.36 Å². The summed E-state index contributed by atoms with van der Waals surface area (Å²) in [6, 6.07) is 0. The summed E-state index contributed by atoms with van der Waals surface area (Å²) in [7, 11) is 1.66. The van der Waals surface area contributed by atoms with Crippen molar-refractivity contribution in [3.63, 3.8) is 0 Å². The van der Waals surface area contributed by atoms with E-state index in [9.17, 15) is 13.6 Å². The average molecular weight is 391 g/mol. The van der Waals surface area contributed by atoms with Gasteiger partial charge in [-0.05, 0) is 19.3 Å². The summed E-state index contributed by atoms with van der Waals surface area (Å²) in [6.07, 6.45) is 12.2. The molecule has 6 nitrogen and oxygen atoms in total. The summed E-state index contributed by atoms with van der Waals surface area (Å²) in [5.74, 6) is 1.78. The third kappa shape index (κ3) is 3.69. The fraction of sp³-hybridized carbons (Fsp3) is 0.650. The van der Waals surface area contributed by atoms with Crippen LogP contribution in [0.25, 0.3) is 0 Å². The van der Waals surface area contributed by atoms with E-state index in [2.05, 4.69) is 9.55 Å². The van der Waals surface area contributed by atoms with Crippen molar-refractivity contribution in [3.8, 4) is 0 Å². The normalized spacial score (nSPS) is 20.4. The molecule has 1 unspecified atom stereocenters. The number of hydrogen-bond donors (Lipinski definition) is 0. The third-order valence-electron chi connectivity index (χ3n) is 6.16. The lowest BCUT2D eigenvalue weighted by atomic mass is 9.88. The Morgan fingerprint density at radius 2 is 2.04 bits per heavy atom. The lowest BCUT2D eigenvalue weighted by Gasteiger charge is -2.29. The molecule has 0 radical (unpaired) electrons. The molecule has 0 N–H and O–H groups in total. The monoisotopic (exact) mass is 391 g/mol. The van der Waals surface area contributed by atoms with Gasteiger partial charge in [0.1, 0.15) is 11.6 Å². The predicted octanol–water partition coefficient (Wildman–Crippen LogP) is 3.74. The van der Waals surface area contributed by atoms with Crippen molar-refractivity contribution < 1.29 is 13.6 Å². The van der Waals surface area contributed by atoms with Crippen molar-refractivity contribution in [1.82, 2.24) is 24.0 Å². The summed E-state index contributed by atoms with van der Waals surface area (Å²) in [4.78, 5) is 23.1. The highest BCUT2D eigenvalue weighted by Gasteiger charge is 2.31. The van der Waals surface area contributed by atoms with Gasteiger partial charge in [-0.2, -0.15) is 8.78 Å². The van der Waals surface area contributed by atoms with Crippen LogP contribution in [0.15, 0.2) is 18.6 Å². The number of hydrogen-bond acceptors (Lipinski definition) is 3. The molecule has 0 saturated heterocycles. The summed E-state index contributed by atoms with van der Waals surface area (Å²) < 4.78 is 29.1. The van der Waals surface area contributed by atoms with Crippen molar-refractivity contribution in [2.45, 2.75) is 70.5 Å². The zero-order chi connectivity index (χ0) is 19.7. The average Bonchev–Trinajstić information content (AvgIpc) is 3.34. The van der Waals surface area contributed by atoms with Gasteiger partial charge in [-0.1, -0.05) is 19.3 Å². The van der Waals surface area contributed by atoms with Crippen LogP contribution in [0.3, 0.4) is 0 Å². The second kappa shape index (κ2) is 8.01. The predicted molar refractivity (Wildman–Crippen MR) is 99.8 cm³/mol. The number of fused-ring (bicyclic) bond motifs is 1. The highest BCUT2D eigenvalue weighted by molar-refractivity contribution is 5.79. The van der Waals surface area contributed by atoms with Gasteiger partial charge in [0.05, 0.1) is 6.54 Å². The van der Waals surface area contributed by atoms with Gasteiger partial charge >= 0.3 is 6.55 Å². The molecule has 152 valence electrons. The van der Waals surface area contributed by atoms with E-state index >= 15 is 0 Å². The molecule has 0 bridgehead atoms. The number of nitrogens with zero attached hydrogens (tertiary/aromatic N) is 5. The Balaban J connectivity index is 1.41. The quantitative estimate of drug-likeness (QED) is 0.780. The van der Waals surface area contributed by atoms with Crippen LogP contribution in [0.5, 0.6) is 0 Å². The van der Waals surface area contributed by atoms with Crippen molar-refractivity contribution in [1.29, 1.82) is 0 Å². The van der Waals surface area contributed by atoms with Gasteiger partial charge in [0.15, 0.2) is 0 Å². The molecule has 1 aliphatic carbocycles. The van der Waals surface area contributed by atoms with Crippen LogP contribution in [0.2, 0.25) is 0 Å². The second-order valence-corrected chi connectivity index (χ2v) is 8.01. The number of carbonyl (C=O) groups is 1. The molecule has 1 fully saturated rings. The highest BCUT2D eigenvalue weighted by Crippen LogP contribution is 2.34. The topological polar surface area (TPSA) is 56.0 Å². The Hall–Kier alpha value is -2.25. The van der Waals surface area contributed by atoms with Crippen molar-refractivity contribution >= 4 is 5.91 Å². The number of halogens is 2. The summed E-state index contributed by atoms with van der Waals surface area (Å²) >= 11 is 0. The molecule has 28 heavy (non-hydrogen) atoms. The van der Waals surface area contributed by atoms with E-state index in [0.717, 1.165) is 23.2 Å². The Morgan fingerprint density at radius 1 is 1.25 bits per heavy atom. The lowest BCUT2D eigenvalue weighted by Crippen LogP contribution is -2.37. The van der Waals surface area contributed by atoms with E-state index in [1.165, 1.54) is 55.2 Å². The summed E-state index contributed by atoms with van der Waals surface area (Å²) in [6.45, 7) is -1.76. The van der Waals surface area contributed by atoms with Crippen molar-refractivity contribution in [3.05, 3.63) is 35.9 Å². The van der Waals surface area contributed by atoms with Crippen LogP contribution in [0.4, 0.5) is 8.78 Å². The molecule has 2 aliphatic rings. The van der Waals surface area contributed by atoms with E-state index in [1.807, 2.05) is 6.20 Å². The molecule has 3 heterocycles. The molecule has 1 amide bonds. The maximum absolute atomic E-state index is 13.0. The lowest BCUT2D eigenvalue weighted by molar-refractivity contribution is -0.135. The first-order valence-corrected chi connectivity index (χ1v) is 10.1. The van der Waals surface area contributed by atoms with Crippen LogP contribution in [0, 0.1) is 5.92 Å². The molecular weight excluding hydrogens is 364 g/mol. The zero-order valence-electron chi connectivity index (χ0n) is 16.2. The number of alkyl halides is 2. The minimum absolute atomic E-state index is 0.0181. The fourth-order valence-electron chi connectivity index (χ4n) is 4.63.